The molecule has 294 valence electrons. The van der Waals surface area contributed by atoms with E-state index in [1.165, 1.54) is 24.1 Å². The van der Waals surface area contributed by atoms with Gasteiger partial charge < -0.3 is 43.9 Å². The fraction of sp³-hybridized carbons (Fsp3) is 0.477. The van der Waals surface area contributed by atoms with E-state index in [0.29, 0.717) is 65.0 Å². The Morgan fingerprint density at radius 1 is 0.821 bits per heavy atom. The SMILES string of the molecule is COc1cc2c(cc1OCCCCCOc1cc3c(cc1OC)C(=O)N1C=C(c4ccc(N5CCN(C)CC5)cc4)C[C@H]1CN3)N=C[C@@H]1CC3(CC3)CN1C2=O. The smallest absolute Gasteiger partial charge is 0.260 e. The van der Waals surface area contributed by atoms with Crippen LogP contribution >= 0.6 is 0 Å². The van der Waals surface area contributed by atoms with Crippen LogP contribution in [0.4, 0.5) is 17.1 Å². The van der Waals surface area contributed by atoms with Gasteiger partial charge in [-0.2, -0.15) is 0 Å². The van der Waals surface area contributed by atoms with Crippen molar-refractivity contribution in [2.45, 2.75) is 57.0 Å². The van der Waals surface area contributed by atoms with Crippen molar-refractivity contribution in [1.82, 2.24) is 14.7 Å². The van der Waals surface area contributed by atoms with E-state index >= 15 is 0 Å². The highest BCUT2D eigenvalue weighted by molar-refractivity contribution is 6.04. The van der Waals surface area contributed by atoms with E-state index in [1.54, 1.807) is 26.4 Å². The van der Waals surface area contributed by atoms with Crippen molar-refractivity contribution < 1.29 is 28.5 Å². The predicted octanol–water partition coefficient (Wildman–Crippen LogP) is 6.48. The first kappa shape index (κ1) is 36.4. The molecule has 2 amide bonds. The molecule has 1 saturated carbocycles. The van der Waals surface area contributed by atoms with Crippen molar-refractivity contribution in [3.05, 3.63) is 71.4 Å². The summed E-state index contributed by atoms with van der Waals surface area (Å²) < 4.78 is 23.7. The molecular formula is C44H52N6O6. The largest absolute Gasteiger partial charge is 0.493 e. The van der Waals surface area contributed by atoms with E-state index in [0.717, 1.165) is 76.1 Å². The predicted molar refractivity (Wildman–Crippen MR) is 217 cm³/mol. The lowest BCUT2D eigenvalue weighted by molar-refractivity contribution is 0.0765. The molecule has 0 bridgehead atoms. The topological polar surface area (TPSA) is 108 Å². The Bertz CT molecular complexity index is 2050. The molecule has 6 aliphatic rings. The van der Waals surface area contributed by atoms with Crippen LogP contribution in [0.1, 0.15) is 71.2 Å². The third-order valence-electron chi connectivity index (χ3n) is 12.5. The number of anilines is 2. The van der Waals surface area contributed by atoms with Gasteiger partial charge in [-0.1, -0.05) is 12.1 Å². The van der Waals surface area contributed by atoms with Gasteiger partial charge in [-0.15, -0.1) is 0 Å². The van der Waals surface area contributed by atoms with Crippen LogP contribution in [0.3, 0.4) is 0 Å². The number of amides is 2. The number of ether oxygens (including phenoxy) is 4. The number of carbonyl (C=O) groups excluding carboxylic acids is 2. The highest BCUT2D eigenvalue weighted by atomic mass is 16.5. The molecule has 2 saturated heterocycles. The number of fused-ring (bicyclic) bond motifs is 4. The highest BCUT2D eigenvalue weighted by Crippen LogP contribution is 2.55. The van der Waals surface area contributed by atoms with E-state index in [1.807, 2.05) is 34.3 Å². The van der Waals surface area contributed by atoms with E-state index in [4.69, 9.17) is 23.9 Å². The lowest BCUT2D eigenvalue weighted by atomic mass is 10.0. The second kappa shape index (κ2) is 15.0. The quantitative estimate of drug-likeness (QED) is 0.208. The lowest BCUT2D eigenvalue weighted by Crippen LogP contribution is -2.44. The number of unbranched alkanes of at least 4 members (excludes halogenated alkanes) is 2. The monoisotopic (exact) mass is 760 g/mol. The zero-order valence-corrected chi connectivity index (χ0v) is 32.7. The third kappa shape index (κ3) is 7.04. The summed E-state index contributed by atoms with van der Waals surface area (Å²) in [4.78, 5) is 40.8. The van der Waals surface area contributed by atoms with Crippen LogP contribution in [0.15, 0.2) is 59.7 Å². The Balaban J connectivity index is 0.775. The summed E-state index contributed by atoms with van der Waals surface area (Å²) in [5.74, 6) is 2.26. The molecule has 9 rings (SSSR count). The van der Waals surface area contributed by atoms with E-state index in [9.17, 15) is 9.59 Å². The Labute approximate surface area is 329 Å². The van der Waals surface area contributed by atoms with Crippen LogP contribution in [-0.4, -0.2) is 119 Å². The van der Waals surface area contributed by atoms with E-state index in [2.05, 4.69) is 46.4 Å². The highest BCUT2D eigenvalue weighted by Gasteiger charge is 2.53. The second-order valence-corrected chi connectivity index (χ2v) is 16.3. The average Bonchev–Trinajstić information content (AvgIpc) is 3.75. The number of carbonyl (C=O) groups is 2. The molecular weight excluding hydrogens is 709 g/mol. The van der Waals surface area contributed by atoms with Crippen molar-refractivity contribution in [3.8, 4) is 23.0 Å². The molecule has 0 radical (unpaired) electrons. The summed E-state index contributed by atoms with van der Waals surface area (Å²) in [6.07, 6.45) is 10.7. The van der Waals surface area contributed by atoms with Crippen molar-refractivity contribution >= 4 is 40.7 Å². The van der Waals surface area contributed by atoms with Gasteiger partial charge in [0, 0.05) is 69.5 Å². The zero-order valence-electron chi connectivity index (χ0n) is 32.7. The summed E-state index contributed by atoms with van der Waals surface area (Å²) in [7, 11) is 5.38. The number of methoxy groups -OCH3 is 2. The minimum Gasteiger partial charge on any atom is -0.493 e. The summed E-state index contributed by atoms with van der Waals surface area (Å²) in [6, 6.07) is 16.2. The molecule has 5 aliphatic heterocycles. The number of nitrogens with zero attached hydrogens (tertiary/aromatic N) is 5. The number of nitrogens with one attached hydrogen (secondary N) is 1. The number of likely N-dealkylation sites (N-methyl/N-ethyl adjacent to an activating group) is 1. The first-order chi connectivity index (χ1) is 27.3. The summed E-state index contributed by atoms with van der Waals surface area (Å²) >= 11 is 0. The Kier molecular flexibility index (Phi) is 9.77. The second-order valence-electron chi connectivity index (χ2n) is 16.3. The molecule has 0 unspecified atom stereocenters. The number of hydrogen-bond acceptors (Lipinski definition) is 10. The first-order valence-corrected chi connectivity index (χ1v) is 20.2. The van der Waals surface area contributed by atoms with Crippen LogP contribution in [0.25, 0.3) is 5.57 Å². The van der Waals surface area contributed by atoms with Gasteiger partial charge in [0.1, 0.15) is 0 Å². The van der Waals surface area contributed by atoms with Crippen LogP contribution in [-0.2, 0) is 0 Å². The van der Waals surface area contributed by atoms with Gasteiger partial charge in [-0.3, -0.25) is 14.6 Å². The maximum atomic E-state index is 13.9. The van der Waals surface area contributed by atoms with E-state index in [-0.39, 0.29) is 23.9 Å². The van der Waals surface area contributed by atoms with Crippen LogP contribution in [0, 0.1) is 5.41 Å². The zero-order chi connectivity index (χ0) is 38.4. The minimum atomic E-state index is -0.0414. The fourth-order valence-electron chi connectivity index (χ4n) is 8.90. The van der Waals surface area contributed by atoms with Crippen LogP contribution < -0.4 is 29.2 Å². The van der Waals surface area contributed by atoms with E-state index < -0.39 is 0 Å². The number of benzene rings is 3. The molecule has 3 aromatic rings. The molecule has 12 nitrogen and oxygen atoms in total. The van der Waals surface area contributed by atoms with Gasteiger partial charge in [0.15, 0.2) is 23.0 Å². The molecule has 0 aromatic heterocycles. The first-order valence-electron chi connectivity index (χ1n) is 20.2. The number of aliphatic imine (C=N–C) groups is 1. The molecule has 1 aliphatic carbocycles. The molecule has 2 atom stereocenters. The Hall–Kier alpha value is -5.23. The fourth-order valence-corrected chi connectivity index (χ4v) is 8.90. The van der Waals surface area contributed by atoms with Crippen molar-refractivity contribution in [3.63, 3.8) is 0 Å². The van der Waals surface area contributed by atoms with Crippen molar-refractivity contribution in [2.24, 2.45) is 10.4 Å². The number of rotatable bonds is 12. The average molecular weight is 761 g/mol. The van der Waals surface area contributed by atoms with Crippen LogP contribution in [0.5, 0.6) is 23.0 Å². The molecule has 3 aromatic carbocycles. The Morgan fingerprint density at radius 3 is 2.21 bits per heavy atom. The normalized spacial score (nSPS) is 22.1. The number of hydrogen-bond donors (Lipinski definition) is 1. The van der Waals surface area contributed by atoms with Gasteiger partial charge in [0.2, 0.25) is 0 Å². The standard InChI is InChI=1S/C44H52N6O6/c1-47-13-15-48(16-14-47)31-9-7-29(8-10-31)30-19-32-25-45-36-22-40(38(53-2)20-34(36)42(51)49(32)27-30)55-17-5-4-6-18-56-41-23-37-35(21-39(41)54-3)43(52)50-28-44(11-12-44)24-33(50)26-46-37/h7-10,20-23,26-27,32-33,45H,4-6,11-19,24-25,28H2,1-3H3/t32-,33-/m0/s1. The van der Waals surface area contributed by atoms with Gasteiger partial charge in [0.25, 0.3) is 11.8 Å². The molecule has 5 heterocycles. The number of piperazine rings is 1. The molecule has 1 N–H and O–H groups in total. The summed E-state index contributed by atoms with van der Waals surface area (Å²) in [5.41, 5.74) is 6.43. The molecule has 56 heavy (non-hydrogen) atoms. The summed E-state index contributed by atoms with van der Waals surface area (Å²) in [6.45, 7) is 6.67. The molecule has 1 spiro atoms. The third-order valence-corrected chi connectivity index (χ3v) is 12.5. The van der Waals surface area contributed by atoms with Gasteiger partial charge in [0.05, 0.1) is 62.0 Å². The Morgan fingerprint density at radius 2 is 1.52 bits per heavy atom. The summed E-state index contributed by atoms with van der Waals surface area (Å²) in [5, 5.41) is 3.53. The van der Waals surface area contributed by atoms with Gasteiger partial charge in [-0.25, -0.2) is 0 Å². The van der Waals surface area contributed by atoms with Crippen molar-refractivity contribution in [2.75, 3.05) is 84.0 Å². The van der Waals surface area contributed by atoms with Gasteiger partial charge >= 0.3 is 0 Å². The maximum absolute atomic E-state index is 13.9. The molecule has 3 fully saturated rings. The molecule has 12 heteroatoms. The maximum Gasteiger partial charge on any atom is 0.260 e. The minimum absolute atomic E-state index is 0.0216. The van der Waals surface area contributed by atoms with Crippen LogP contribution in [0.2, 0.25) is 0 Å². The lowest BCUT2D eigenvalue weighted by Gasteiger charge is -2.34. The van der Waals surface area contributed by atoms with Crippen molar-refractivity contribution in [1.29, 1.82) is 0 Å². The van der Waals surface area contributed by atoms with Gasteiger partial charge in [-0.05, 0) is 92.8 Å².